The molecule has 1 aromatic heterocycles. The Balaban J connectivity index is 1.98. The lowest BCUT2D eigenvalue weighted by atomic mass is 10.1. The third-order valence-electron chi connectivity index (χ3n) is 4.47. The molecule has 0 unspecified atom stereocenters. The summed E-state index contributed by atoms with van der Waals surface area (Å²) in [6.07, 6.45) is 6.63. The number of carbonyl (C=O) groups is 2. The minimum absolute atomic E-state index is 0.176. The van der Waals surface area contributed by atoms with Gasteiger partial charge in [0.05, 0.1) is 5.75 Å². The molecule has 0 aromatic carbocycles. The Hall–Kier alpha value is -1.57. The molecule has 1 saturated heterocycles. The number of nitrogens with two attached hydrogens (primary N) is 1. The van der Waals surface area contributed by atoms with Gasteiger partial charge in [-0.05, 0) is 18.8 Å². The average molecular weight is 382 g/mol. The molecule has 1 aromatic rings. The number of aromatic nitrogens is 3. The molecule has 26 heavy (non-hydrogen) atoms. The molecule has 0 saturated carbocycles. The van der Waals surface area contributed by atoms with Crippen LogP contribution < -0.4 is 5.73 Å². The van der Waals surface area contributed by atoms with Crippen LogP contribution in [0.25, 0.3) is 0 Å². The van der Waals surface area contributed by atoms with Crippen molar-refractivity contribution >= 4 is 23.6 Å². The summed E-state index contributed by atoms with van der Waals surface area (Å²) in [5.41, 5.74) is 5.25. The Labute approximate surface area is 160 Å². The van der Waals surface area contributed by atoms with Crippen LogP contribution >= 0.6 is 11.8 Å². The third kappa shape index (κ3) is 6.63. The van der Waals surface area contributed by atoms with Gasteiger partial charge in [-0.25, -0.2) is 0 Å². The molecule has 0 radical (unpaired) electrons. The molecule has 1 aliphatic rings. The standard InChI is InChI=1S/C18H31N5O2S/c1-14(2)12-23-16(9-8-15(19)24)20-21-18(23)26-13-17(25)22-10-6-4-3-5-7-11-22/h14H,3-13H2,1-2H3,(H2,19,24). The zero-order valence-corrected chi connectivity index (χ0v) is 16.8. The van der Waals surface area contributed by atoms with Crippen LogP contribution in [-0.4, -0.2) is 50.3 Å². The normalized spacial score (nSPS) is 15.7. The van der Waals surface area contributed by atoms with Gasteiger partial charge in [-0.3, -0.25) is 9.59 Å². The number of hydrogen-bond acceptors (Lipinski definition) is 5. The number of thioether (sulfide) groups is 1. The van der Waals surface area contributed by atoms with Crippen LogP contribution in [0.4, 0.5) is 0 Å². The third-order valence-corrected chi connectivity index (χ3v) is 5.42. The number of nitrogens with zero attached hydrogens (tertiary/aromatic N) is 4. The van der Waals surface area contributed by atoms with Crippen LogP contribution in [0.1, 0.15) is 58.2 Å². The van der Waals surface area contributed by atoms with E-state index in [1.54, 1.807) is 0 Å². The molecule has 2 heterocycles. The van der Waals surface area contributed by atoms with Crippen molar-refractivity contribution in [1.29, 1.82) is 0 Å². The van der Waals surface area contributed by atoms with Crippen molar-refractivity contribution in [3.8, 4) is 0 Å². The highest BCUT2D eigenvalue weighted by Crippen LogP contribution is 2.21. The Morgan fingerprint density at radius 1 is 1.12 bits per heavy atom. The largest absolute Gasteiger partial charge is 0.370 e. The number of carbonyl (C=O) groups excluding carboxylic acids is 2. The van der Waals surface area contributed by atoms with Crippen molar-refractivity contribution in [2.75, 3.05) is 18.8 Å². The predicted molar refractivity (Wildman–Crippen MR) is 103 cm³/mol. The Bertz CT molecular complexity index is 594. The summed E-state index contributed by atoms with van der Waals surface area (Å²) in [7, 11) is 0. The second kappa shape index (κ2) is 10.5. The van der Waals surface area contributed by atoms with E-state index in [4.69, 9.17) is 5.73 Å². The van der Waals surface area contributed by atoms with Gasteiger partial charge in [0.15, 0.2) is 5.16 Å². The topological polar surface area (TPSA) is 94.1 Å². The van der Waals surface area contributed by atoms with E-state index in [1.165, 1.54) is 31.0 Å². The summed E-state index contributed by atoms with van der Waals surface area (Å²) in [4.78, 5) is 25.6. The first-order valence-electron chi connectivity index (χ1n) is 9.58. The van der Waals surface area contributed by atoms with Crippen molar-refractivity contribution < 1.29 is 9.59 Å². The van der Waals surface area contributed by atoms with Crippen LogP contribution in [0.2, 0.25) is 0 Å². The average Bonchev–Trinajstić information content (AvgIpc) is 2.91. The van der Waals surface area contributed by atoms with Crippen LogP contribution in [0.15, 0.2) is 5.16 Å². The first-order chi connectivity index (χ1) is 12.5. The van der Waals surface area contributed by atoms with Gasteiger partial charge in [-0.15, -0.1) is 10.2 Å². The smallest absolute Gasteiger partial charge is 0.233 e. The van der Waals surface area contributed by atoms with Crippen LogP contribution in [-0.2, 0) is 22.6 Å². The van der Waals surface area contributed by atoms with Gasteiger partial charge in [-0.1, -0.05) is 44.9 Å². The van der Waals surface area contributed by atoms with Gasteiger partial charge in [-0.2, -0.15) is 0 Å². The number of aryl methyl sites for hydroxylation is 1. The second-order valence-electron chi connectivity index (χ2n) is 7.31. The summed E-state index contributed by atoms with van der Waals surface area (Å²) in [6, 6.07) is 0. The van der Waals surface area contributed by atoms with Crippen molar-refractivity contribution in [2.45, 2.75) is 70.5 Å². The van der Waals surface area contributed by atoms with Crippen LogP contribution in [0.3, 0.4) is 0 Å². The molecule has 0 bridgehead atoms. The maximum atomic E-state index is 12.6. The minimum atomic E-state index is -0.342. The summed E-state index contributed by atoms with van der Waals surface area (Å²) >= 11 is 1.44. The Morgan fingerprint density at radius 3 is 2.38 bits per heavy atom. The van der Waals surface area contributed by atoms with Gasteiger partial charge < -0.3 is 15.2 Å². The van der Waals surface area contributed by atoms with Gasteiger partial charge in [0.2, 0.25) is 11.8 Å². The van der Waals surface area contributed by atoms with Crippen LogP contribution in [0, 0.1) is 5.92 Å². The van der Waals surface area contributed by atoms with E-state index in [0.29, 0.717) is 18.1 Å². The monoisotopic (exact) mass is 381 g/mol. The van der Waals surface area contributed by atoms with Gasteiger partial charge >= 0.3 is 0 Å². The Morgan fingerprint density at radius 2 is 1.77 bits per heavy atom. The first kappa shape index (κ1) is 20.7. The lowest BCUT2D eigenvalue weighted by Gasteiger charge is -2.24. The first-order valence-corrected chi connectivity index (χ1v) is 10.6. The lowest BCUT2D eigenvalue weighted by Crippen LogP contribution is -2.35. The molecular weight excluding hydrogens is 350 g/mol. The molecule has 1 fully saturated rings. The second-order valence-corrected chi connectivity index (χ2v) is 8.25. The number of hydrogen-bond donors (Lipinski definition) is 1. The maximum absolute atomic E-state index is 12.6. The highest BCUT2D eigenvalue weighted by Gasteiger charge is 2.19. The zero-order valence-electron chi connectivity index (χ0n) is 15.9. The van der Waals surface area contributed by atoms with Crippen molar-refractivity contribution in [3.05, 3.63) is 5.82 Å². The van der Waals surface area contributed by atoms with Crippen molar-refractivity contribution in [2.24, 2.45) is 11.7 Å². The molecule has 8 heteroatoms. The highest BCUT2D eigenvalue weighted by molar-refractivity contribution is 7.99. The molecule has 146 valence electrons. The molecule has 1 aliphatic heterocycles. The minimum Gasteiger partial charge on any atom is -0.370 e. The quantitative estimate of drug-likeness (QED) is 0.697. The summed E-state index contributed by atoms with van der Waals surface area (Å²) in [6.45, 7) is 6.74. The van der Waals surface area contributed by atoms with E-state index in [2.05, 4.69) is 24.0 Å². The van der Waals surface area contributed by atoms with Gasteiger partial charge in [0.1, 0.15) is 5.82 Å². The van der Waals surface area contributed by atoms with Crippen LogP contribution in [0.5, 0.6) is 0 Å². The van der Waals surface area contributed by atoms with E-state index in [0.717, 1.165) is 43.5 Å². The summed E-state index contributed by atoms with van der Waals surface area (Å²) < 4.78 is 2.03. The van der Waals surface area contributed by atoms with E-state index in [9.17, 15) is 9.59 Å². The van der Waals surface area contributed by atoms with E-state index in [-0.39, 0.29) is 18.2 Å². The SMILES string of the molecule is CC(C)Cn1c(CCC(N)=O)nnc1SCC(=O)N1CCCCCCC1. The fourth-order valence-corrected chi connectivity index (χ4v) is 3.98. The molecule has 0 aliphatic carbocycles. The van der Waals surface area contributed by atoms with E-state index < -0.39 is 0 Å². The van der Waals surface area contributed by atoms with E-state index >= 15 is 0 Å². The van der Waals surface area contributed by atoms with Gasteiger partial charge in [0, 0.05) is 32.5 Å². The number of amides is 2. The van der Waals surface area contributed by atoms with Crippen molar-refractivity contribution in [1.82, 2.24) is 19.7 Å². The Kier molecular flexibility index (Phi) is 8.41. The summed E-state index contributed by atoms with van der Waals surface area (Å²) in [5, 5.41) is 9.22. The lowest BCUT2D eigenvalue weighted by molar-refractivity contribution is -0.128. The molecule has 2 rings (SSSR count). The van der Waals surface area contributed by atoms with Gasteiger partial charge in [0.25, 0.3) is 0 Å². The predicted octanol–water partition coefficient (Wildman–Crippen LogP) is 2.24. The molecule has 7 nitrogen and oxygen atoms in total. The molecule has 2 amide bonds. The van der Waals surface area contributed by atoms with E-state index in [1.807, 2.05) is 9.47 Å². The summed E-state index contributed by atoms with van der Waals surface area (Å²) in [5.74, 6) is 1.40. The zero-order chi connectivity index (χ0) is 18.9. The maximum Gasteiger partial charge on any atom is 0.233 e. The number of rotatable bonds is 8. The fraction of sp³-hybridized carbons (Fsp3) is 0.778. The molecular formula is C18H31N5O2S. The highest BCUT2D eigenvalue weighted by atomic mass is 32.2. The fourth-order valence-electron chi connectivity index (χ4n) is 3.11. The molecule has 0 atom stereocenters. The van der Waals surface area contributed by atoms with Crippen molar-refractivity contribution in [3.63, 3.8) is 0 Å². The number of primary amides is 1. The molecule has 0 spiro atoms. The molecule has 2 N–H and O–H groups in total. The number of likely N-dealkylation sites (tertiary alicyclic amines) is 1.